The van der Waals surface area contributed by atoms with Crippen molar-refractivity contribution in [1.82, 2.24) is 6.15 Å². The van der Waals surface area contributed by atoms with Crippen LogP contribution < -0.4 is 6.15 Å². The molecule has 4 N–H and O–H groups in total. The first kappa shape index (κ1) is 17.9. The molecule has 0 saturated carbocycles. The standard InChI is InChI=1S/C22H22O.H3N/c23-22(16-19-10-4-1-5-11-19,17-20-12-6-2-7-13-20)18-21-14-8-3-9-15-21;/h1-15,23H,16-18H2;1H3. The molecule has 24 heavy (non-hydrogen) atoms. The van der Waals surface area contributed by atoms with Crippen molar-refractivity contribution >= 4 is 0 Å². The van der Waals surface area contributed by atoms with Gasteiger partial charge in [-0.3, -0.25) is 0 Å². The molecule has 0 radical (unpaired) electrons. The number of aliphatic hydroxyl groups is 1. The van der Waals surface area contributed by atoms with Gasteiger partial charge in [0.2, 0.25) is 0 Å². The van der Waals surface area contributed by atoms with Crippen molar-refractivity contribution < 1.29 is 5.11 Å². The van der Waals surface area contributed by atoms with Gasteiger partial charge in [0.15, 0.2) is 0 Å². The fraction of sp³-hybridized carbons (Fsp3) is 0.182. The van der Waals surface area contributed by atoms with E-state index in [1.807, 2.05) is 54.6 Å². The Morgan fingerprint density at radius 1 is 0.500 bits per heavy atom. The minimum absolute atomic E-state index is 0. The van der Waals surface area contributed by atoms with Crippen LogP contribution in [0.2, 0.25) is 0 Å². The molecular weight excluding hydrogens is 294 g/mol. The molecule has 0 bridgehead atoms. The van der Waals surface area contributed by atoms with Crippen molar-refractivity contribution in [2.24, 2.45) is 0 Å². The van der Waals surface area contributed by atoms with Gasteiger partial charge < -0.3 is 11.3 Å². The van der Waals surface area contributed by atoms with Gasteiger partial charge in [0.25, 0.3) is 0 Å². The smallest absolute Gasteiger partial charge is 0.0768 e. The lowest BCUT2D eigenvalue weighted by Crippen LogP contribution is -2.36. The van der Waals surface area contributed by atoms with E-state index in [0.717, 1.165) is 0 Å². The molecule has 0 fully saturated rings. The van der Waals surface area contributed by atoms with Crippen LogP contribution in [0.3, 0.4) is 0 Å². The molecular formula is C22H25NO. The van der Waals surface area contributed by atoms with E-state index in [1.165, 1.54) is 16.7 Å². The summed E-state index contributed by atoms with van der Waals surface area (Å²) in [6.45, 7) is 0. The minimum atomic E-state index is -0.788. The van der Waals surface area contributed by atoms with Crippen LogP contribution in [0.15, 0.2) is 91.0 Å². The predicted molar refractivity (Wildman–Crippen MR) is 100 cm³/mol. The van der Waals surface area contributed by atoms with E-state index < -0.39 is 5.60 Å². The first-order valence-corrected chi connectivity index (χ1v) is 8.08. The first-order chi connectivity index (χ1) is 11.2. The third-order valence-electron chi connectivity index (χ3n) is 4.13. The Morgan fingerprint density at radius 2 is 0.750 bits per heavy atom. The maximum absolute atomic E-state index is 11.4. The lowest BCUT2D eigenvalue weighted by Gasteiger charge is -2.29. The van der Waals surface area contributed by atoms with Crippen LogP contribution in [-0.2, 0) is 19.3 Å². The van der Waals surface area contributed by atoms with Gasteiger partial charge in [0.05, 0.1) is 5.60 Å². The summed E-state index contributed by atoms with van der Waals surface area (Å²) in [5.74, 6) is 0. The Labute approximate surface area is 144 Å². The highest BCUT2D eigenvalue weighted by molar-refractivity contribution is 5.25. The summed E-state index contributed by atoms with van der Waals surface area (Å²) in [5, 5.41) is 11.4. The summed E-state index contributed by atoms with van der Waals surface area (Å²) in [6, 6.07) is 30.7. The predicted octanol–water partition coefficient (Wildman–Crippen LogP) is 4.61. The lowest BCUT2D eigenvalue weighted by atomic mass is 9.83. The molecule has 0 heterocycles. The molecule has 0 aromatic heterocycles. The Morgan fingerprint density at radius 3 is 1.00 bits per heavy atom. The zero-order valence-corrected chi connectivity index (χ0v) is 13.9. The fourth-order valence-electron chi connectivity index (χ4n) is 3.11. The van der Waals surface area contributed by atoms with Crippen LogP contribution in [0.25, 0.3) is 0 Å². The zero-order chi connectivity index (χ0) is 16.0. The fourth-order valence-corrected chi connectivity index (χ4v) is 3.11. The van der Waals surface area contributed by atoms with E-state index in [2.05, 4.69) is 36.4 Å². The van der Waals surface area contributed by atoms with E-state index in [4.69, 9.17) is 0 Å². The highest BCUT2D eigenvalue weighted by Gasteiger charge is 2.28. The molecule has 3 aromatic rings. The maximum Gasteiger partial charge on any atom is 0.0768 e. The van der Waals surface area contributed by atoms with Gasteiger partial charge in [-0.25, -0.2) is 0 Å². The van der Waals surface area contributed by atoms with Crippen molar-refractivity contribution in [3.8, 4) is 0 Å². The molecule has 3 rings (SSSR count). The van der Waals surface area contributed by atoms with Crippen LogP contribution in [0.1, 0.15) is 16.7 Å². The molecule has 0 saturated heterocycles. The van der Waals surface area contributed by atoms with Crippen molar-refractivity contribution in [1.29, 1.82) is 0 Å². The molecule has 0 aliphatic heterocycles. The highest BCUT2D eigenvalue weighted by Crippen LogP contribution is 2.24. The van der Waals surface area contributed by atoms with E-state index in [1.54, 1.807) is 0 Å². The SMILES string of the molecule is N.OC(Cc1ccccc1)(Cc1ccccc1)Cc1ccccc1. The Hall–Kier alpha value is -2.42. The molecule has 0 atom stereocenters. The minimum Gasteiger partial charge on any atom is -0.389 e. The van der Waals surface area contributed by atoms with Gasteiger partial charge in [-0.2, -0.15) is 0 Å². The molecule has 0 spiro atoms. The van der Waals surface area contributed by atoms with Gasteiger partial charge in [0, 0.05) is 19.3 Å². The summed E-state index contributed by atoms with van der Waals surface area (Å²) < 4.78 is 0. The normalized spacial score (nSPS) is 10.9. The van der Waals surface area contributed by atoms with Crippen molar-refractivity contribution in [3.05, 3.63) is 108 Å². The van der Waals surface area contributed by atoms with E-state index in [-0.39, 0.29) is 6.15 Å². The van der Waals surface area contributed by atoms with Gasteiger partial charge in [-0.15, -0.1) is 0 Å². The van der Waals surface area contributed by atoms with Crippen LogP contribution in [0.5, 0.6) is 0 Å². The van der Waals surface area contributed by atoms with E-state index in [9.17, 15) is 5.11 Å². The first-order valence-electron chi connectivity index (χ1n) is 8.08. The monoisotopic (exact) mass is 319 g/mol. The van der Waals surface area contributed by atoms with Crippen LogP contribution in [0, 0.1) is 0 Å². The molecule has 0 amide bonds. The van der Waals surface area contributed by atoms with Crippen LogP contribution in [-0.4, -0.2) is 10.7 Å². The van der Waals surface area contributed by atoms with E-state index >= 15 is 0 Å². The molecule has 2 nitrogen and oxygen atoms in total. The zero-order valence-electron chi connectivity index (χ0n) is 13.9. The summed E-state index contributed by atoms with van der Waals surface area (Å²) in [6.07, 6.45) is 1.95. The second kappa shape index (κ2) is 8.44. The summed E-state index contributed by atoms with van der Waals surface area (Å²) in [7, 11) is 0. The molecule has 3 aromatic carbocycles. The largest absolute Gasteiger partial charge is 0.389 e. The van der Waals surface area contributed by atoms with Gasteiger partial charge in [-0.05, 0) is 16.7 Å². The second-order valence-electron chi connectivity index (χ2n) is 6.21. The number of hydrogen-bond donors (Lipinski definition) is 2. The summed E-state index contributed by atoms with van der Waals surface area (Å²) in [5.41, 5.74) is 2.72. The topological polar surface area (TPSA) is 55.2 Å². The average molecular weight is 319 g/mol. The number of benzene rings is 3. The maximum atomic E-state index is 11.4. The van der Waals surface area contributed by atoms with Gasteiger partial charge >= 0.3 is 0 Å². The van der Waals surface area contributed by atoms with Crippen molar-refractivity contribution in [2.45, 2.75) is 24.9 Å². The molecule has 0 unspecified atom stereocenters. The third kappa shape index (κ3) is 5.05. The Balaban J connectivity index is 0.00000208. The number of rotatable bonds is 6. The molecule has 2 heteroatoms. The lowest BCUT2D eigenvalue weighted by molar-refractivity contribution is 0.0411. The molecule has 0 aliphatic carbocycles. The van der Waals surface area contributed by atoms with Gasteiger partial charge in [-0.1, -0.05) is 91.0 Å². The summed E-state index contributed by atoms with van der Waals surface area (Å²) >= 11 is 0. The van der Waals surface area contributed by atoms with Gasteiger partial charge in [0.1, 0.15) is 0 Å². The van der Waals surface area contributed by atoms with Crippen LogP contribution in [0.4, 0.5) is 0 Å². The Kier molecular flexibility index (Phi) is 6.30. The second-order valence-corrected chi connectivity index (χ2v) is 6.21. The highest BCUT2D eigenvalue weighted by atomic mass is 16.3. The van der Waals surface area contributed by atoms with Crippen molar-refractivity contribution in [2.75, 3.05) is 0 Å². The number of hydrogen-bond acceptors (Lipinski definition) is 2. The average Bonchev–Trinajstić information content (AvgIpc) is 2.57. The van der Waals surface area contributed by atoms with Crippen LogP contribution >= 0.6 is 0 Å². The summed E-state index contributed by atoms with van der Waals surface area (Å²) in [4.78, 5) is 0. The quantitative estimate of drug-likeness (QED) is 0.697. The van der Waals surface area contributed by atoms with Crippen molar-refractivity contribution in [3.63, 3.8) is 0 Å². The van der Waals surface area contributed by atoms with E-state index in [0.29, 0.717) is 19.3 Å². The Bertz CT molecular complexity index is 609. The molecule has 0 aliphatic rings. The third-order valence-corrected chi connectivity index (χ3v) is 4.13. The molecule has 124 valence electrons.